The topological polar surface area (TPSA) is 45.0 Å². The lowest BCUT2D eigenvalue weighted by atomic mass is 10.1. The van der Waals surface area contributed by atoms with Gasteiger partial charge in [-0.2, -0.15) is 5.26 Å². The summed E-state index contributed by atoms with van der Waals surface area (Å²) in [4.78, 5) is 0. The van der Waals surface area contributed by atoms with Crippen molar-refractivity contribution in [1.82, 2.24) is 5.32 Å². The van der Waals surface area contributed by atoms with Gasteiger partial charge in [0.2, 0.25) is 0 Å². The molecule has 0 aliphatic rings. The average molecular weight is 252 g/mol. The van der Waals surface area contributed by atoms with Gasteiger partial charge in [-0.3, -0.25) is 0 Å². The van der Waals surface area contributed by atoms with E-state index in [1.165, 1.54) is 0 Å². The van der Waals surface area contributed by atoms with Crippen molar-refractivity contribution < 1.29 is 4.74 Å². The molecular weight excluding hydrogens is 236 g/mol. The second-order valence-corrected chi connectivity index (χ2v) is 4.39. The van der Waals surface area contributed by atoms with Gasteiger partial charge in [-0.15, -0.1) is 0 Å². The van der Waals surface area contributed by atoms with Crippen molar-refractivity contribution in [3.05, 3.63) is 59.2 Å². The van der Waals surface area contributed by atoms with E-state index in [1.54, 1.807) is 0 Å². The Kier molecular flexibility index (Phi) is 4.17. The minimum atomic E-state index is 0.555. The van der Waals surface area contributed by atoms with Gasteiger partial charge in [0.1, 0.15) is 17.6 Å². The summed E-state index contributed by atoms with van der Waals surface area (Å²) in [5.74, 6) is 1.34. The molecule has 0 saturated heterocycles. The van der Waals surface area contributed by atoms with Gasteiger partial charge < -0.3 is 10.1 Å². The highest BCUT2D eigenvalue weighted by atomic mass is 16.5. The van der Waals surface area contributed by atoms with Crippen LogP contribution in [0.25, 0.3) is 0 Å². The molecule has 0 atom stereocenters. The summed E-state index contributed by atoms with van der Waals surface area (Å²) >= 11 is 0. The third kappa shape index (κ3) is 3.34. The molecule has 0 radical (unpaired) electrons. The van der Waals surface area contributed by atoms with Crippen LogP contribution in [-0.2, 0) is 6.54 Å². The molecule has 3 heteroatoms. The molecule has 2 aromatic rings. The van der Waals surface area contributed by atoms with Crippen LogP contribution in [0.15, 0.2) is 42.5 Å². The van der Waals surface area contributed by atoms with Crippen molar-refractivity contribution in [2.24, 2.45) is 0 Å². The molecule has 0 saturated carbocycles. The quantitative estimate of drug-likeness (QED) is 0.907. The average Bonchev–Trinajstić information content (AvgIpc) is 2.41. The van der Waals surface area contributed by atoms with Gasteiger partial charge in [-0.25, -0.2) is 0 Å². The third-order valence-electron chi connectivity index (χ3n) is 2.76. The number of hydrogen-bond donors (Lipinski definition) is 1. The normalized spacial score (nSPS) is 9.95. The first-order valence-corrected chi connectivity index (χ1v) is 6.15. The van der Waals surface area contributed by atoms with E-state index in [0.717, 1.165) is 23.4 Å². The summed E-state index contributed by atoms with van der Waals surface area (Å²) in [6.07, 6.45) is 0. The van der Waals surface area contributed by atoms with Gasteiger partial charge in [0, 0.05) is 6.54 Å². The monoisotopic (exact) mass is 252 g/mol. The highest BCUT2D eigenvalue weighted by Gasteiger charge is 2.05. The summed E-state index contributed by atoms with van der Waals surface area (Å²) in [5, 5.41) is 12.2. The molecule has 96 valence electrons. The maximum atomic E-state index is 9.12. The molecule has 0 bridgehead atoms. The van der Waals surface area contributed by atoms with E-state index >= 15 is 0 Å². The number of nitrogens with zero attached hydrogens (tertiary/aromatic N) is 1. The number of ether oxygens (including phenoxy) is 1. The Morgan fingerprint density at radius 2 is 2.05 bits per heavy atom. The van der Waals surface area contributed by atoms with Gasteiger partial charge in [0.05, 0.1) is 5.56 Å². The van der Waals surface area contributed by atoms with Crippen molar-refractivity contribution in [3.8, 4) is 17.6 Å². The van der Waals surface area contributed by atoms with Crippen LogP contribution in [0.4, 0.5) is 0 Å². The lowest BCUT2D eigenvalue weighted by Crippen LogP contribution is -2.04. The molecule has 0 fully saturated rings. The number of rotatable bonds is 4. The lowest BCUT2D eigenvalue weighted by molar-refractivity contribution is 0.480. The standard InChI is InChI=1S/C16H16N2O/c1-12-6-7-16(14(8-12)10-17)19-15-5-3-4-13(9-15)11-18-2/h3-9,18H,11H2,1-2H3. The van der Waals surface area contributed by atoms with Crippen LogP contribution in [0.3, 0.4) is 0 Å². The Labute approximate surface area is 113 Å². The number of benzene rings is 2. The molecule has 0 amide bonds. The second kappa shape index (κ2) is 6.03. The van der Waals surface area contributed by atoms with E-state index in [4.69, 9.17) is 10.00 Å². The van der Waals surface area contributed by atoms with Gasteiger partial charge in [-0.05, 0) is 49.4 Å². The van der Waals surface area contributed by atoms with Gasteiger partial charge >= 0.3 is 0 Å². The van der Waals surface area contributed by atoms with E-state index in [9.17, 15) is 0 Å². The molecule has 0 aliphatic heterocycles. The molecule has 0 unspecified atom stereocenters. The minimum absolute atomic E-state index is 0.555. The minimum Gasteiger partial charge on any atom is -0.456 e. The maximum Gasteiger partial charge on any atom is 0.145 e. The Morgan fingerprint density at radius 1 is 1.21 bits per heavy atom. The van der Waals surface area contributed by atoms with Crippen LogP contribution >= 0.6 is 0 Å². The highest BCUT2D eigenvalue weighted by molar-refractivity contribution is 5.47. The smallest absolute Gasteiger partial charge is 0.145 e. The second-order valence-electron chi connectivity index (χ2n) is 4.39. The molecule has 19 heavy (non-hydrogen) atoms. The Morgan fingerprint density at radius 3 is 2.79 bits per heavy atom. The summed E-state index contributed by atoms with van der Waals surface area (Å²) in [6.45, 7) is 2.74. The summed E-state index contributed by atoms with van der Waals surface area (Å²) < 4.78 is 5.79. The zero-order valence-electron chi connectivity index (χ0n) is 11.1. The molecule has 2 rings (SSSR count). The van der Waals surface area contributed by atoms with Crippen molar-refractivity contribution in [2.75, 3.05) is 7.05 Å². The first kappa shape index (κ1) is 13.1. The fraction of sp³-hybridized carbons (Fsp3) is 0.188. The third-order valence-corrected chi connectivity index (χ3v) is 2.76. The number of hydrogen-bond acceptors (Lipinski definition) is 3. The first-order chi connectivity index (χ1) is 9.22. The lowest BCUT2D eigenvalue weighted by Gasteiger charge is -2.09. The fourth-order valence-electron chi connectivity index (χ4n) is 1.87. The predicted molar refractivity (Wildman–Crippen MR) is 75.2 cm³/mol. The zero-order valence-corrected chi connectivity index (χ0v) is 11.1. The number of nitrogens with one attached hydrogen (secondary N) is 1. The van der Waals surface area contributed by atoms with E-state index in [1.807, 2.05) is 56.4 Å². The summed E-state index contributed by atoms with van der Waals surface area (Å²) in [7, 11) is 1.90. The summed E-state index contributed by atoms with van der Waals surface area (Å²) in [5.41, 5.74) is 2.75. The van der Waals surface area contributed by atoms with E-state index in [0.29, 0.717) is 11.3 Å². The molecule has 2 aromatic carbocycles. The largest absolute Gasteiger partial charge is 0.456 e. The molecule has 0 spiro atoms. The Balaban J connectivity index is 2.26. The molecule has 1 N–H and O–H groups in total. The van der Waals surface area contributed by atoms with E-state index < -0.39 is 0 Å². The van der Waals surface area contributed by atoms with E-state index in [-0.39, 0.29) is 0 Å². The van der Waals surface area contributed by atoms with Gasteiger partial charge in [0.25, 0.3) is 0 Å². The van der Waals surface area contributed by atoms with Crippen LogP contribution in [0.2, 0.25) is 0 Å². The molecular formula is C16H16N2O. The molecule has 0 aromatic heterocycles. The molecule has 3 nitrogen and oxygen atoms in total. The first-order valence-electron chi connectivity index (χ1n) is 6.15. The highest BCUT2D eigenvalue weighted by Crippen LogP contribution is 2.26. The van der Waals surface area contributed by atoms with Gasteiger partial charge in [0.15, 0.2) is 0 Å². The van der Waals surface area contributed by atoms with Crippen molar-refractivity contribution in [1.29, 1.82) is 5.26 Å². The maximum absolute atomic E-state index is 9.12. The predicted octanol–water partition coefficient (Wildman–Crippen LogP) is 3.38. The van der Waals surface area contributed by atoms with Crippen molar-refractivity contribution >= 4 is 0 Å². The van der Waals surface area contributed by atoms with Crippen LogP contribution < -0.4 is 10.1 Å². The van der Waals surface area contributed by atoms with Crippen LogP contribution in [-0.4, -0.2) is 7.05 Å². The van der Waals surface area contributed by atoms with Gasteiger partial charge in [-0.1, -0.05) is 18.2 Å². The van der Waals surface area contributed by atoms with Crippen LogP contribution in [0.5, 0.6) is 11.5 Å². The van der Waals surface area contributed by atoms with Crippen molar-refractivity contribution in [3.63, 3.8) is 0 Å². The molecule has 0 aliphatic carbocycles. The Hall–Kier alpha value is -2.31. The Bertz CT molecular complexity index is 614. The fourth-order valence-corrected chi connectivity index (χ4v) is 1.87. The number of aryl methyl sites for hydroxylation is 1. The molecule has 0 heterocycles. The van der Waals surface area contributed by atoms with Crippen molar-refractivity contribution in [2.45, 2.75) is 13.5 Å². The number of nitriles is 1. The summed E-state index contributed by atoms with van der Waals surface area (Å²) in [6, 6.07) is 15.6. The van der Waals surface area contributed by atoms with Crippen LogP contribution in [0, 0.1) is 18.3 Å². The van der Waals surface area contributed by atoms with Crippen LogP contribution in [0.1, 0.15) is 16.7 Å². The zero-order chi connectivity index (χ0) is 13.7. The van der Waals surface area contributed by atoms with E-state index in [2.05, 4.69) is 11.4 Å². The SMILES string of the molecule is CNCc1cccc(Oc2ccc(C)cc2C#N)c1.